The van der Waals surface area contributed by atoms with Gasteiger partial charge in [-0.05, 0) is 0 Å². The highest BCUT2D eigenvalue weighted by Gasteiger charge is 2.64. The van der Waals surface area contributed by atoms with Crippen molar-refractivity contribution in [2.75, 3.05) is 13.7 Å². The Balaban J connectivity index is 2.58. The third kappa shape index (κ3) is 4.51. The number of hydrogen-bond acceptors (Lipinski definition) is 9. The van der Waals surface area contributed by atoms with Gasteiger partial charge in [-0.2, -0.15) is 4.39 Å². The number of aromatic nitrogens is 3. The summed E-state index contributed by atoms with van der Waals surface area (Å²) in [6, 6.07) is -3.42. The van der Waals surface area contributed by atoms with Crippen molar-refractivity contribution in [3.8, 4) is 0 Å². The summed E-state index contributed by atoms with van der Waals surface area (Å²) in [5, 5.41) is 47.8. The predicted molar refractivity (Wildman–Crippen MR) is 87.7 cm³/mol. The molecule has 0 saturated carbocycles. The van der Waals surface area contributed by atoms with Gasteiger partial charge >= 0.3 is 11.8 Å². The first-order valence-corrected chi connectivity index (χ1v) is 8.44. The number of amides is 1. The molecule has 29 heavy (non-hydrogen) atoms. The van der Waals surface area contributed by atoms with E-state index in [-0.39, 0.29) is 12.3 Å². The van der Waals surface area contributed by atoms with Crippen molar-refractivity contribution in [2.24, 2.45) is 0 Å². The van der Waals surface area contributed by atoms with E-state index in [2.05, 4.69) is 20.4 Å². The molecular formula is C15H22F2N4O8. The number of hydrogen-bond donors (Lipinski definition) is 5. The zero-order valence-electron chi connectivity index (χ0n) is 15.5. The smallest absolute Gasteiger partial charge is 0.372 e. The van der Waals surface area contributed by atoms with E-state index in [4.69, 9.17) is 9.84 Å². The largest absolute Gasteiger partial charge is 0.477 e. The molecule has 0 radical (unpaired) electrons. The van der Waals surface area contributed by atoms with Crippen molar-refractivity contribution in [1.29, 1.82) is 0 Å². The van der Waals surface area contributed by atoms with Gasteiger partial charge in [0.15, 0.2) is 6.17 Å². The molecular weight excluding hydrogens is 402 g/mol. The number of aliphatic carboxylic acids is 1. The van der Waals surface area contributed by atoms with E-state index in [1.54, 1.807) is 0 Å². The van der Waals surface area contributed by atoms with E-state index >= 15 is 8.78 Å². The second kappa shape index (κ2) is 9.04. The Hall–Kier alpha value is -2.26. The fraction of sp³-hybridized carbons (Fsp3) is 0.733. The maximum atomic E-state index is 15.1. The molecule has 5 N–H and O–H groups in total. The molecule has 2 unspecified atom stereocenters. The third-order valence-corrected chi connectivity index (χ3v) is 4.42. The minimum absolute atomic E-state index is 0.0417. The van der Waals surface area contributed by atoms with Gasteiger partial charge in [-0.15, -0.1) is 5.10 Å². The molecule has 2 rings (SSSR count). The number of carbonyl (C=O) groups is 2. The Morgan fingerprint density at radius 1 is 1.48 bits per heavy atom. The van der Waals surface area contributed by atoms with E-state index in [0.717, 1.165) is 17.8 Å². The zero-order chi connectivity index (χ0) is 21.9. The topological polar surface area (TPSA) is 176 Å². The second-order valence-electron chi connectivity index (χ2n) is 6.51. The quantitative estimate of drug-likeness (QED) is 0.304. The Morgan fingerprint density at radius 2 is 2.14 bits per heavy atom. The molecule has 1 aliphatic rings. The summed E-state index contributed by atoms with van der Waals surface area (Å²) in [4.78, 5) is 23.1. The van der Waals surface area contributed by atoms with Crippen LogP contribution in [0.15, 0.2) is 6.20 Å². The highest BCUT2D eigenvalue weighted by molar-refractivity contribution is 5.77. The Bertz CT molecular complexity index is 737. The van der Waals surface area contributed by atoms with Crippen molar-refractivity contribution in [3.05, 3.63) is 11.9 Å². The number of halogens is 2. The van der Waals surface area contributed by atoms with Crippen LogP contribution in [-0.4, -0.2) is 97.4 Å². The number of aliphatic hydroxyl groups is 3. The van der Waals surface area contributed by atoms with Gasteiger partial charge in [0.25, 0.3) is 0 Å². The van der Waals surface area contributed by atoms with E-state index in [1.807, 2.05) is 0 Å². The van der Waals surface area contributed by atoms with E-state index in [9.17, 15) is 24.9 Å². The molecule has 1 aromatic rings. The first kappa shape index (κ1) is 23.0. The van der Waals surface area contributed by atoms with Gasteiger partial charge in [0.05, 0.1) is 25.5 Å². The van der Waals surface area contributed by atoms with Crippen LogP contribution in [0, 0.1) is 0 Å². The number of aliphatic hydroxyl groups excluding tert-OH is 3. The first-order chi connectivity index (χ1) is 13.6. The Kier molecular flexibility index (Phi) is 7.18. The average Bonchev–Trinajstić information content (AvgIpc) is 3.11. The standard InChI is InChI=1S/C15H22F2N4O8/c1-6(23)18-9-10(21-3-7(5-28-2)19-20-21)13(16)15(17,14(26)27)29-12(9)11(25)8(24)4-22/h3,8-13,22,24-25H,4-5H2,1-2H3,(H,18,23)(H,26,27)/t8-,9-,10-,11-,12-,13?,15?/m1/s1. The normalized spacial score (nSPS) is 31.8. The lowest BCUT2D eigenvalue weighted by Gasteiger charge is -2.46. The number of carboxylic acids is 1. The molecule has 1 fully saturated rings. The number of methoxy groups -OCH3 is 1. The van der Waals surface area contributed by atoms with Crippen LogP contribution in [0.5, 0.6) is 0 Å². The van der Waals surface area contributed by atoms with Gasteiger partial charge in [-0.3, -0.25) is 4.79 Å². The van der Waals surface area contributed by atoms with Crippen LogP contribution in [0.1, 0.15) is 18.7 Å². The molecule has 0 bridgehead atoms. The summed E-state index contributed by atoms with van der Waals surface area (Å²) in [6.07, 6.45) is -7.69. The van der Waals surface area contributed by atoms with E-state index in [0.29, 0.717) is 0 Å². The number of nitrogens with zero attached hydrogens (tertiary/aromatic N) is 3. The van der Waals surface area contributed by atoms with Crippen molar-refractivity contribution in [1.82, 2.24) is 20.3 Å². The number of carboxylic acid groups (broad SMARTS) is 1. The summed E-state index contributed by atoms with van der Waals surface area (Å²) >= 11 is 0. The maximum Gasteiger partial charge on any atom is 0.372 e. The van der Waals surface area contributed by atoms with Crippen molar-refractivity contribution < 1.29 is 48.3 Å². The molecule has 2 heterocycles. The molecule has 12 nitrogen and oxygen atoms in total. The van der Waals surface area contributed by atoms with Gasteiger partial charge in [-0.25, -0.2) is 13.9 Å². The lowest BCUT2D eigenvalue weighted by atomic mass is 9.86. The van der Waals surface area contributed by atoms with Crippen LogP contribution in [0.25, 0.3) is 0 Å². The van der Waals surface area contributed by atoms with E-state index < -0.39 is 60.9 Å². The minimum atomic E-state index is -3.95. The van der Waals surface area contributed by atoms with Gasteiger partial charge in [0, 0.05) is 14.0 Å². The SMILES string of the molecule is COCc1cn([C@H]2C(F)C(F)(C(=O)O)O[C@@H]([C@H](O)[C@H](O)CO)[C@@H]2NC(C)=O)nn1. The Labute approximate surface area is 163 Å². The molecule has 164 valence electrons. The number of carbonyl (C=O) groups excluding carboxylic acids is 1. The van der Waals surface area contributed by atoms with Crippen LogP contribution < -0.4 is 5.32 Å². The maximum absolute atomic E-state index is 15.1. The number of ether oxygens (including phenoxy) is 2. The highest BCUT2D eigenvalue weighted by Crippen LogP contribution is 2.41. The summed E-state index contributed by atoms with van der Waals surface area (Å²) in [5.74, 6) is -7.03. The zero-order valence-corrected chi connectivity index (χ0v) is 15.5. The number of rotatable bonds is 8. The minimum Gasteiger partial charge on any atom is -0.477 e. The van der Waals surface area contributed by atoms with Gasteiger partial charge < -0.3 is 35.2 Å². The van der Waals surface area contributed by atoms with Crippen LogP contribution >= 0.6 is 0 Å². The van der Waals surface area contributed by atoms with Crippen LogP contribution in [0.2, 0.25) is 0 Å². The van der Waals surface area contributed by atoms with E-state index in [1.165, 1.54) is 7.11 Å². The summed E-state index contributed by atoms with van der Waals surface area (Å²) in [5.41, 5.74) is 0.194. The van der Waals surface area contributed by atoms with Crippen LogP contribution in [0.4, 0.5) is 8.78 Å². The van der Waals surface area contributed by atoms with Gasteiger partial charge in [0.2, 0.25) is 5.91 Å². The molecule has 1 saturated heterocycles. The highest BCUT2D eigenvalue weighted by atomic mass is 19.2. The lowest BCUT2D eigenvalue weighted by Crippen LogP contribution is -2.69. The molecule has 0 aromatic carbocycles. The van der Waals surface area contributed by atoms with Crippen molar-refractivity contribution >= 4 is 11.9 Å². The van der Waals surface area contributed by atoms with Gasteiger partial charge in [-0.1, -0.05) is 5.21 Å². The van der Waals surface area contributed by atoms with Gasteiger partial charge in [0.1, 0.15) is 30.0 Å². The summed E-state index contributed by atoms with van der Waals surface area (Å²) in [7, 11) is 1.35. The molecule has 0 aliphatic carbocycles. The average molecular weight is 424 g/mol. The fourth-order valence-electron chi connectivity index (χ4n) is 3.08. The monoisotopic (exact) mass is 424 g/mol. The second-order valence-corrected chi connectivity index (χ2v) is 6.51. The third-order valence-electron chi connectivity index (χ3n) is 4.42. The number of nitrogens with one attached hydrogen (secondary N) is 1. The number of alkyl halides is 2. The van der Waals surface area contributed by atoms with Crippen LogP contribution in [0.3, 0.4) is 0 Å². The molecule has 1 aliphatic heterocycles. The lowest BCUT2D eigenvalue weighted by molar-refractivity contribution is -0.283. The molecule has 14 heteroatoms. The molecule has 1 aromatic heterocycles. The van der Waals surface area contributed by atoms with Crippen LogP contribution in [-0.2, 0) is 25.7 Å². The first-order valence-electron chi connectivity index (χ1n) is 8.44. The van der Waals surface area contributed by atoms with Crippen molar-refractivity contribution in [2.45, 2.75) is 56.0 Å². The predicted octanol–water partition coefficient (Wildman–Crippen LogP) is -2.33. The Morgan fingerprint density at radius 3 is 2.66 bits per heavy atom. The molecule has 1 amide bonds. The summed E-state index contributed by atoms with van der Waals surface area (Å²) in [6.45, 7) is 0.00750. The molecule has 0 spiro atoms. The summed E-state index contributed by atoms with van der Waals surface area (Å²) < 4.78 is 40.4. The van der Waals surface area contributed by atoms with Crippen molar-refractivity contribution in [3.63, 3.8) is 0 Å². The fourth-order valence-corrected chi connectivity index (χ4v) is 3.08. The molecule has 7 atom stereocenters.